The topological polar surface area (TPSA) is 66.6 Å². The molecule has 1 amide bonds. The summed E-state index contributed by atoms with van der Waals surface area (Å²) >= 11 is 0. The van der Waals surface area contributed by atoms with Crippen molar-refractivity contribution in [3.8, 4) is 0 Å². The van der Waals surface area contributed by atoms with Crippen molar-refractivity contribution in [2.45, 2.75) is 31.9 Å². The molecule has 3 N–H and O–H groups in total. The van der Waals surface area contributed by atoms with Crippen LogP contribution in [-0.4, -0.2) is 35.1 Å². The molecule has 4 nitrogen and oxygen atoms in total. The molecule has 0 radical (unpaired) electrons. The Morgan fingerprint density at radius 2 is 1.89 bits per heavy atom. The molecule has 2 rings (SSSR count). The predicted molar refractivity (Wildman–Crippen MR) is 74.4 cm³/mol. The molecule has 1 heterocycles. The van der Waals surface area contributed by atoms with Crippen LogP contribution in [0, 0.1) is 5.92 Å². The second-order valence-electron chi connectivity index (χ2n) is 5.29. The highest BCUT2D eigenvalue weighted by Gasteiger charge is 2.28. The van der Waals surface area contributed by atoms with Gasteiger partial charge in [-0.25, -0.2) is 0 Å². The van der Waals surface area contributed by atoms with E-state index < -0.39 is 6.04 Å². The van der Waals surface area contributed by atoms with Crippen LogP contribution in [0.25, 0.3) is 0 Å². The second kappa shape index (κ2) is 6.17. The Morgan fingerprint density at radius 3 is 2.42 bits per heavy atom. The lowest BCUT2D eigenvalue weighted by molar-refractivity contribution is -0.134. The predicted octanol–water partition coefficient (Wildman–Crippen LogP) is 1.31. The first-order chi connectivity index (χ1) is 9.09. The van der Waals surface area contributed by atoms with Gasteiger partial charge in [0.15, 0.2) is 0 Å². The fourth-order valence-electron chi connectivity index (χ4n) is 2.60. The van der Waals surface area contributed by atoms with Gasteiger partial charge in [-0.1, -0.05) is 30.3 Å². The minimum absolute atomic E-state index is 0.0183. The van der Waals surface area contributed by atoms with E-state index in [1.165, 1.54) is 0 Å². The van der Waals surface area contributed by atoms with Gasteiger partial charge in [0.05, 0.1) is 6.10 Å². The Hall–Kier alpha value is -1.39. The molecule has 0 saturated carbocycles. The standard InChI is InChI=1S/C15H22N2O2/c1-11(18)12-7-9-17(10-8-12)15(19)14(16)13-5-3-2-4-6-13/h2-6,11-12,14,18H,7-10,16H2,1H3/t11?,14-/m1/s1. The fraction of sp³-hybridized carbons (Fsp3) is 0.533. The van der Waals surface area contributed by atoms with Gasteiger partial charge in [0.1, 0.15) is 6.04 Å². The Morgan fingerprint density at radius 1 is 1.32 bits per heavy atom. The number of piperidine rings is 1. The third-order valence-corrected chi connectivity index (χ3v) is 3.96. The number of aliphatic hydroxyl groups excluding tert-OH is 1. The van der Waals surface area contributed by atoms with Crippen molar-refractivity contribution in [1.29, 1.82) is 0 Å². The van der Waals surface area contributed by atoms with Gasteiger partial charge in [0.25, 0.3) is 0 Å². The number of likely N-dealkylation sites (tertiary alicyclic amines) is 1. The summed E-state index contributed by atoms with van der Waals surface area (Å²) in [4.78, 5) is 14.1. The molecule has 1 saturated heterocycles. The summed E-state index contributed by atoms with van der Waals surface area (Å²) in [6.07, 6.45) is 1.41. The number of rotatable bonds is 3. The van der Waals surface area contributed by atoms with Crippen molar-refractivity contribution >= 4 is 5.91 Å². The third-order valence-electron chi connectivity index (χ3n) is 3.96. The summed E-state index contributed by atoms with van der Waals surface area (Å²) in [6, 6.07) is 8.87. The van der Waals surface area contributed by atoms with E-state index in [1.54, 1.807) is 0 Å². The largest absolute Gasteiger partial charge is 0.393 e. The Balaban J connectivity index is 1.94. The van der Waals surface area contributed by atoms with E-state index in [1.807, 2.05) is 42.2 Å². The van der Waals surface area contributed by atoms with E-state index in [9.17, 15) is 9.90 Å². The highest BCUT2D eigenvalue weighted by atomic mass is 16.3. The van der Waals surface area contributed by atoms with E-state index >= 15 is 0 Å². The summed E-state index contributed by atoms with van der Waals surface area (Å²) in [5.41, 5.74) is 6.88. The first-order valence-corrected chi connectivity index (χ1v) is 6.87. The molecule has 1 aromatic carbocycles. The normalized spacial score (nSPS) is 20.1. The highest BCUT2D eigenvalue weighted by Crippen LogP contribution is 2.22. The number of carbonyl (C=O) groups excluding carboxylic acids is 1. The maximum atomic E-state index is 12.3. The van der Waals surface area contributed by atoms with Gasteiger partial charge in [-0.2, -0.15) is 0 Å². The minimum Gasteiger partial charge on any atom is -0.393 e. The summed E-state index contributed by atoms with van der Waals surface area (Å²) < 4.78 is 0. The lowest BCUT2D eigenvalue weighted by Gasteiger charge is -2.34. The van der Waals surface area contributed by atoms with Crippen LogP contribution < -0.4 is 5.73 Å². The molecule has 4 heteroatoms. The number of carbonyl (C=O) groups is 1. The smallest absolute Gasteiger partial charge is 0.244 e. The lowest BCUT2D eigenvalue weighted by Crippen LogP contribution is -2.44. The zero-order valence-electron chi connectivity index (χ0n) is 11.3. The Bertz CT molecular complexity index is 411. The van der Waals surface area contributed by atoms with Crippen LogP contribution in [0.3, 0.4) is 0 Å². The molecule has 1 aromatic rings. The van der Waals surface area contributed by atoms with Gasteiger partial charge >= 0.3 is 0 Å². The lowest BCUT2D eigenvalue weighted by atomic mass is 9.91. The minimum atomic E-state index is -0.579. The van der Waals surface area contributed by atoms with Gasteiger partial charge in [-0.15, -0.1) is 0 Å². The molecular formula is C15H22N2O2. The van der Waals surface area contributed by atoms with Crippen LogP contribution >= 0.6 is 0 Å². The zero-order chi connectivity index (χ0) is 13.8. The van der Waals surface area contributed by atoms with Crippen LogP contribution in [0.5, 0.6) is 0 Å². The summed E-state index contributed by atoms with van der Waals surface area (Å²) in [5, 5.41) is 9.56. The number of hydrogen-bond donors (Lipinski definition) is 2. The van der Waals surface area contributed by atoms with Gasteiger partial charge in [0, 0.05) is 13.1 Å². The average Bonchev–Trinajstić information content (AvgIpc) is 2.46. The molecule has 1 aliphatic rings. The fourth-order valence-corrected chi connectivity index (χ4v) is 2.60. The molecule has 1 unspecified atom stereocenters. The van der Waals surface area contributed by atoms with Crippen molar-refractivity contribution in [2.75, 3.05) is 13.1 Å². The average molecular weight is 262 g/mol. The molecule has 0 bridgehead atoms. The summed E-state index contributed by atoms with van der Waals surface area (Å²) in [5.74, 6) is 0.284. The number of nitrogens with two attached hydrogens (primary N) is 1. The van der Waals surface area contributed by atoms with E-state index in [2.05, 4.69) is 0 Å². The number of aliphatic hydroxyl groups is 1. The van der Waals surface area contributed by atoms with Gasteiger partial charge in [-0.3, -0.25) is 4.79 Å². The van der Waals surface area contributed by atoms with E-state index in [4.69, 9.17) is 5.73 Å². The third kappa shape index (κ3) is 3.33. The van der Waals surface area contributed by atoms with Crippen molar-refractivity contribution in [1.82, 2.24) is 4.90 Å². The Kier molecular flexibility index (Phi) is 4.56. The quantitative estimate of drug-likeness (QED) is 0.863. The van der Waals surface area contributed by atoms with Crippen LogP contribution in [0.1, 0.15) is 31.4 Å². The SMILES string of the molecule is CC(O)C1CCN(C(=O)[C@H](N)c2ccccc2)CC1. The number of nitrogens with zero attached hydrogens (tertiary/aromatic N) is 1. The van der Waals surface area contributed by atoms with Crippen LogP contribution in [0.15, 0.2) is 30.3 Å². The van der Waals surface area contributed by atoms with E-state index in [0.29, 0.717) is 19.0 Å². The number of benzene rings is 1. The van der Waals surface area contributed by atoms with Crippen LogP contribution in [0.2, 0.25) is 0 Å². The highest BCUT2D eigenvalue weighted by molar-refractivity contribution is 5.83. The molecule has 2 atom stereocenters. The summed E-state index contributed by atoms with van der Waals surface area (Å²) in [7, 11) is 0. The van der Waals surface area contributed by atoms with Crippen molar-refractivity contribution in [2.24, 2.45) is 11.7 Å². The number of amides is 1. The Labute approximate surface area is 114 Å². The first-order valence-electron chi connectivity index (χ1n) is 6.87. The molecule has 19 heavy (non-hydrogen) atoms. The molecule has 0 spiro atoms. The molecule has 1 aliphatic heterocycles. The first kappa shape index (κ1) is 14.0. The number of hydrogen-bond acceptors (Lipinski definition) is 3. The van der Waals surface area contributed by atoms with E-state index in [-0.39, 0.29) is 12.0 Å². The molecular weight excluding hydrogens is 240 g/mol. The van der Waals surface area contributed by atoms with Crippen molar-refractivity contribution in [3.63, 3.8) is 0 Å². The van der Waals surface area contributed by atoms with Gasteiger partial charge in [0.2, 0.25) is 5.91 Å². The molecule has 0 aliphatic carbocycles. The van der Waals surface area contributed by atoms with E-state index in [0.717, 1.165) is 18.4 Å². The van der Waals surface area contributed by atoms with Crippen molar-refractivity contribution < 1.29 is 9.90 Å². The maximum Gasteiger partial charge on any atom is 0.244 e. The maximum absolute atomic E-state index is 12.3. The summed E-state index contributed by atoms with van der Waals surface area (Å²) in [6.45, 7) is 3.20. The molecule has 104 valence electrons. The van der Waals surface area contributed by atoms with Crippen LogP contribution in [0.4, 0.5) is 0 Å². The molecule has 0 aromatic heterocycles. The van der Waals surface area contributed by atoms with Gasteiger partial charge in [-0.05, 0) is 31.2 Å². The van der Waals surface area contributed by atoms with Crippen molar-refractivity contribution in [3.05, 3.63) is 35.9 Å². The zero-order valence-corrected chi connectivity index (χ0v) is 11.3. The van der Waals surface area contributed by atoms with Crippen LogP contribution in [-0.2, 0) is 4.79 Å². The van der Waals surface area contributed by atoms with Gasteiger partial charge < -0.3 is 15.7 Å². The second-order valence-corrected chi connectivity index (χ2v) is 5.29. The monoisotopic (exact) mass is 262 g/mol. The molecule has 1 fully saturated rings.